The lowest BCUT2D eigenvalue weighted by molar-refractivity contribution is 0.629. The summed E-state index contributed by atoms with van der Waals surface area (Å²) in [4.78, 5) is 4.39. The molecule has 0 unspecified atom stereocenters. The van der Waals surface area contributed by atoms with Gasteiger partial charge in [-0.2, -0.15) is 10.1 Å². The topological polar surface area (TPSA) is 46.5 Å². The predicted octanol–water partition coefficient (Wildman–Crippen LogP) is 4.02. The van der Waals surface area contributed by atoms with Gasteiger partial charge in [-0.1, -0.05) is 30.3 Å². The van der Waals surface area contributed by atoms with Crippen LogP contribution in [-0.4, -0.2) is 19.7 Å². The molecule has 0 amide bonds. The van der Waals surface area contributed by atoms with Crippen molar-refractivity contribution in [2.24, 2.45) is 0 Å². The quantitative estimate of drug-likeness (QED) is 0.579. The standard InChI is InChI=1S/C17H13FN4S/c18-12-6-7-14-13(10-12)15-16(19-17(23)21-20-15)22(14)9-8-11-4-2-1-3-5-11/h1-7,10H,8-9H2,(H,19,21,23). The summed E-state index contributed by atoms with van der Waals surface area (Å²) in [5.74, 6) is -0.288. The third-order valence-electron chi connectivity index (χ3n) is 3.91. The van der Waals surface area contributed by atoms with Gasteiger partial charge < -0.3 is 4.57 Å². The van der Waals surface area contributed by atoms with Crippen LogP contribution >= 0.6 is 12.2 Å². The number of halogens is 1. The predicted molar refractivity (Wildman–Crippen MR) is 90.3 cm³/mol. The molecule has 0 aliphatic rings. The van der Waals surface area contributed by atoms with Crippen LogP contribution < -0.4 is 0 Å². The van der Waals surface area contributed by atoms with E-state index in [1.807, 2.05) is 22.8 Å². The molecule has 2 heterocycles. The molecule has 114 valence electrons. The van der Waals surface area contributed by atoms with E-state index in [-0.39, 0.29) is 5.82 Å². The molecule has 0 aliphatic carbocycles. The van der Waals surface area contributed by atoms with E-state index in [4.69, 9.17) is 12.2 Å². The van der Waals surface area contributed by atoms with Crippen LogP contribution in [0.4, 0.5) is 4.39 Å². The van der Waals surface area contributed by atoms with Crippen LogP contribution in [-0.2, 0) is 13.0 Å². The van der Waals surface area contributed by atoms with E-state index < -0.39 is 0 Å². The Morgan fingerprint density at radius 2 is 1.96 bits per heavy atom. The number of rotatable bonds is 3. The van der Waals surface area contributed by atoms with Crippen molar-refractivity contribution in [3.8, 4) is 0 Å². The molecule has 6 heteroatoms. The number of aromatic amines is 1. The van der Waals surface area contributed by atoms with Crippen LogP contribution in [0.5, 0.6) is 0 Å². The zero-order valence-electron chi connectivity index (χ0n) is 12.2. The number of aromatic nitrogens is 4. The highest BCUT2D eigenvalue weighted by Crippen LogP contribution is 2.26. The molecule has 2 aromatic heterocycles. The third kappa shape index (κ3) is 2.51. The van der Waals surface area contributed by atoms with Crippen molar-refractivity contribution in [2.45, 2.75) is 13.0 Å². The zero-order valence-corrected chi connectivity index (χ0v) is 13.0. The highest BCUT2D eigenvalue weighted by Gasteiger charge is 2.14. The second-order valence-corrected chi connectivity index (χ2v) is 5.75. The Bertz CT molecular complexity index is 1050. The van der Waals surface area contributed by atoms with Crippen LogP contribution in [0.2, 0.25) is 0 Å². The summed E-state index contributed by atoms with van der Waals surface area (Å²) in [6.07, 6.45) is 0.851. The summed E-state index contributed by atoms with van der Waals surface area (Å²) in [6.45, 7) is 0.725. The van der Waals surface area contributed by atoms with Gasteiger partial charge in [0, 0.05) is 11.9 Å². The fraction of sp³-hybridized carbons (Fsp3) is 0.118. The molecule has 23 heavy (non-hydrogen) atoms. The molecule has 0 spiro atoms. The Morgan fingerprint density at radius 3 is 2.78 bits per heavy atom. The van der Waals surface area contributed by atoms with Crippen molar-refractivity contribution in [1.82, 2.24) is 19.7 Å². The van der Waals surface area contributed by atoms with Crippen molar-refractivity contribution in [3.63, 3.8) is 0 Å². The first kappa shape index (κ1) is 14.0. The van der Waals surface area contributed by atoms with Crippen molar-refractivity contribution >= 4 is 34.3 Å². The summed E-state index contributed by atoms with van der Waals surface area (Å²) in [7, 11) is 0. The van der Waals surface area contributed by atoms with E-state index in [1.165, 1.54) is 17.7 Å². The van der Waals surface area contributed by atoms with E-state index >= 15 is 0 Å². The van der Waals surface area contributed by atoms with Crippen LogP contribution in [0, 0.1) is 10.6 Å². The van der Waals surface area contributed by atoms with Crippen LogP contribution in [0.1, 0.15) is 5.56 Å². The molecule has 0 aliphatic heterocycles. The molecule has 4 aromatic rings. The molecule has 0 fully saturated rings. The average Bonchev–Trinajstić information content (AvgIpc) is 2.86. The highest BCUT2D eigenvalue weighted by atomic mass is 32.1. The smallest absolute Gasteiger partial charge is 0.215 e. The van der Waals surface area contributed by atoms with Crippen molar-refractivity contribution in [3.05, 3.63) is 64.7 Å². The molecule has 4 rings (SSSR count). The number of hydrogen-bond donors (Lipinski definition) is 1. The monoisotopic (exact) mass is 324 g/mol. The van der Waals surface area contributed by atoms with Gasteiger partial charge in [0.25, 0.3) is 0 Å². The minimum absolute atomic E-state index is 0.288. The van der Waals surface area contributed by atoms with Crippen LogP contribution in [0.15, 0.2) is 48.5 Å². The molecule has 2 aromatic carbocycles. The van der Waals surface area contributed by atoms with Crippen molar-refractivity contribution in [2.75, 3.05) is 0 Å². The minimum atomic E-state index is -0.288. The van der Waals surface area contributed by atoms with Gasteiger partial charge in [0.15, 0.2) is 5.65 Å². The highest BCUT2D eigenvalue weighted by molar-refractivity contribution is 7.71. The van der Waals surface area contributed by atoms with E-state index in [0.717, 1.165) is 23.9 Å². The molecule has 1 N–H and O–H groups in total. The molecule has 0 saturated carbocycles. The molecule has 0 atom stereocenters. The van der Waals surface area contributed by atoms with Gasteiger partial charge in [0.1, 0.15) is 11.3 Å². The number of benzene rings is 2. The Hall–Kier alpha value is -2.60. The lowest BCUT2D eigenvalue weighted by Crippen LogP contribution is -2.03. The van der Waals surface area contributed by atoms with Crippen molar-refractivity contribution in [1.29, 1.82) is 0 Å². The number of H-pyrrole nitrogens is 1. The van der Waals surface area contributed by atoms with Gasteiger partial charge in [-0.05, 0) is 42.4 Å². The maximum Gasteiger partial charge on any atom is 0.215 e. The minimum Gasteiger partial charge on any atom is -0.323 e. The zero-order chi connectivity index (χ0) is 15.8. The van der Waals surface area contributed by atoms with E-state index in [9.17, 15) is 4.39 Å². The summed E-state index contributed by atoms with van der Waals surface area (Å²) >= 11 is 5.09. The van der Waals surface area contributed by atoms with Gasteiger partial charge in [-0.3, -0.25) is 5.10 Å². The van der Waals surface area contributed by atoms with Gasteiger partial charge in [0.2, 0.25) is 4.77 Å². The first-order valence-electron chi connectivity index (χ1n) is 7.30. The lowest BCUT2D eigenvalue weighted by atomic mass is 10.1. The number of fused-ring (bicyclic) bond motifs is 3. The third-order valence-corrected chi connectivity index (χ3v) is 4.09. The Morgan fingerprint density at radius 1 is 1.13 bits per heavy atom. The maximum atomic E-state index is 13.6. The summed E-state index contributed by atoms with van der Waals surface area (Å²) in [5, 5.41) is 7.68. The van der Waals surface area contributed by atoms with E-state index in [0.29, 0.717) is 15.9 Å². The van der Waals surface area contributed by atoms with Gasteiger partial charge in [0.05, 0.1) is 5.52 Å². The largest absolute Gasteiger partial charge is 0.323 e. The number of aryl methyl sites for hydroxylation is 2. The first-order valence-corrected chi connectivity index (χ1v) is 7.71. The molecule has 0 saturated heterocycles. The van der Waals surface area contributed by atoms with E-state index in [1.54, 1.807) is 6.07 Å². The summed E-state index contributed by atoms with van der Waals surface area (Å²) in [6, 6.07) is 14.9. The second kappa shape index (κ2) is 5.55. The fourth-order valence-corrected chi connectivity index (χ4v) is 2.99. The maximum absolute atomic E-state index is 13.6. The average molecular weight is 324 g/mol. The number of nitrogens with one attached hydrogen (secondary N) is 1. The van der Waals surface area contributed by atoms with Gasteiger partial charge in [-0.15, -0.1) is 0 Å². The molecular formula is C17H13FN4S. The van der Waals surface area contributed by atoms with Crippen LogP contribution in [0.3, 0.4) is 0 Å². The molecule has 0 bridgehead atoms. The van der Waals surface area contributed by atoms with Gasteiger partial charge in [-0.25, -0.2) is 4.39 Å². The second-order valence-electron chi connectivity index (χ2n) is 5.36. The molecule has 0 radical (unpaired) electrons. The first-order chi connectivity index (χ1) is 11.2. The van der Waals surface area contributed by atoms with E-state index in [2.05, 4.69) is 27.3 Å². The number of hydrogen-bond acceptors (Lipinski definition) is 3. The summed E-state index contributed by atoms with van der Waals surface area (Å²) < 4.78 is 16.0. The van der Waals surface area contributed by atoms with Crippen LogP contribution in [0.25, 0.3) is 22.1 Å². The summed E-state index contributed by atoms with van der Waals surface area (Å²) in [5.41, 5.74) is 3.47. The normalized spacial score (nSPS) is 11.3. The molecular weight excluding hydrogens is 311 g/mol. The molecule has 4 nitrogen and oxygen atoms in total. The van der Waals surface area contributed by atoms with Gasteiger partial charge >= 0.3 is 0 Å². The Labute approximate surface area is 136 Å². The lowest BCUT2D eigenvalue weighted by Gasteiger charge is -2.06. The SMILES string of the molecule is Fc1ccc2c(c1)c1n[nH]c(=S)nc1n2CCc1ccccc1. The number of nitrogens with zero attached hydrogens (tertiary/aromatic N) is 3. The Balaban J connectivity index is 1.88. The van der Waals surface area contributed by atoms with Crippen molar-refractivity contribution < 1.29 is 4.39 Å². The fourth-order valence-electron chi connectivity index (χ4n) is 2.86. The Kier molecular flexibility index (Phi) is 3.38.